The first-order valence-corrected chi connectivity index (χ1v) is 8.83. The topological polar surface area (TPSA) is 165 Å². The summed E-state index contributed by atoms with van der Waals surface area (Å²) in [6.45, 7) is -0.381. The molecule has 11 heteroatoms. The molecule has 0 unspecified atom stereocenters. The molecule has 2 aliphatic rings. The third-order valence-electron chi connectivity index (χ3n) is 5.17. The molecule has 4 atom stereocenters. The number of aromatic nitrogens is 3. The number of hydrogen-bond donors (Lipinski definition) is 3. The fraction of sp³-hybridized carbons (Fsp3) is 0.529. The van der Waals surface area contributed by atoms with Gasteiger partial charge in [0, 0.05) is 0 Å². The number of anilines is 1. The second-order valence-electron chi connectivity index (χ2n) is 6.83. The van der Waals surface area contributed by atoms with Crippen molar-refractivity contribution >= 4 is 17.5 Å². The van der Waals surface area contributed by atoms with Crippen molar-refractivity contribution in [3.05, 3.63) is 24.2 Å². The minimum atomic E-state index is -1.93. The van der Waals surface area contributed by atoms with Gasteiger partial charge in [-0.2, -0.15) is 10.4 Å². The summed E-state index contributed by atoms with van der Waals surface area (Å²) in [6.07, 6.45) is -1.46. The highest BCUT2D eigenvalue weighted by Crippen LogP contribution is 2.40. The van der Waals surface area contributed by atoms with Gasteiger partial charge in [-0.15, -0.1) is 0 Å². The number of hydrogen-bond acceptors (Lipinski definition) is 10. The molecule has 2 fully saturated rings. The van der Waals surface area contributed by atoms with E-state index >= 15 is 0 Å². The summed E-state index contributed by atoms with van der Waals surface area (Å²) < 4.78 is 17.1. The van der Waals surface area contributed by atoms with Crippen molar-refractivity contribution in [3.63, 3.8) is 0 Å². The van der Waals surface area contributed by atoms with Gasteiger partial charge in [0.15, 0.2) is 5.82 Å². The largest absolute Gasteiger partial charge is 0.508 e. The lowest BCUT2D eigenvalue weighted by Crippen LogP contribution is -2.41. The molecular formula is C17H19N5O6. The van der Waals surface area contributed by atoms with E-state index in [2.05, 4.69) is 10.1 Å². The number of ether oxygens (including phenoxy) is 3. The molecule has 0 amide bonds. The Morgan fingerprint density at radius 2 is 2.25 bits per heavy atom. The van der Waals surface area contributed by atoms with Crippen LogP contribution in [0.1, 0.15) is 25.0 Å². The molecule has 1 aliphatic carbocycles. The van der Waals surface area contributed by atoms with Crippen LogP contribution in [-0.4, -0.2) is 62.0 Å². The summed E-state index contributed by atoms with van der Waals surface area (Å²) in [5.41, 5.74) is 4.46. The summed E-state index contributed by atoms with van der Waals surface area (Å²) >= 11 is 0. The van der Waals surface area contributed by atoms with Gasteiger partial charge >= 0.3 is 6.16 Å². The maximum atomic E-state index is 11.7. The van der Waals surface area contributed by atoms with E-state index in [1.54, 1.807) is 6.07 Å². The van der Waals surface area contributed by atoms with Crippen molar-refractivity contribution < 1.29 is 29.2 Å². The Balaban J connectivity index is 1.55. The highest BCUT2D eigenvalue weighted by molar-refractivity contribution is 5.66. The molecule has 2 aromatic rings. The van der Waals surface area contributed by atoms with Gasteiger partial charge in [0.1, 0.15) is 48.9 Å². The van der Waals surface area contributed by atoms with E-state index in [0.717, 1.165) is 19.3 Å². The fourth-order valence-electron chi connectivity index (χ4n) is 3.36. The first kappa shape index (κ1) is 18.4. The quantitative estimate of drug-likeness (QED) is 0.599. The zero-order chi connectivity index (χ0) is 19.9. The average molecular weight is 389 g/mol. The van der Waals surface area contributed by atoms with Crippen LogP contribution in [0.2, 0.25) is 0 Å². The van der Waals surface area contributed by atoms with Crippen LogP contribution < -0.4 is 5.73 Å². The summed E-state index contributed by atoms with van der Waals surface area (Å²) in [5, 5.41) is 34.8. The molecule has 4 N–H and O–H groups in total. The Bertz CT molecular complexity index is 938. The molecule has 2 aromatic heterocycles. The van der Waals surface area contributed by atoms with Gasteiger partial charge in [-0.25, -0.2) is 14.3 Å². The number of rotatable bonds is 4. The van der Waals surface area contributed by atoms with Crippen molar-refractivity contribution in [1.82, 2.24) is 14.6 Å². The molecule has 1 aliphatic heterocycles. The normalized spacial score (nSPS) is 30.0. The molecule has 148 valence electrons. The standard InChI is InChI=1S/C17H19N5O6/c18-7-17(12-5-4-10-15(19)20-8-21-22(10)12)14(24)13(23)11(28-17)6-26-16(25)27-9-2-1-3-9/h4-5,8-9,11,13-14,23-24H,1-3,6H2,(H2,19,20,21)/t11-,13-,14-,17+/m1/s1. The molecule has 4 rings (SSSR count). The SMILES string of the molecule is N#C[C@@]1(c2ccc3c(N)ncnn23)O[C@H](COC(=O)OC2CCC2)[C@@H](O)[C@H]1O. The first-order valence-electron chi connectivity index (χ1n) is 8.83. The number of nitrogens with two attached hydrogens (primary N) is 1. The first-order chi connectivity index (χ1) is 13.5. The highest BCUT2D eigenvalue weighted by Gasteiger charge is 2.57. The molecule has 0 bridgehead atoms. The monoisotopic (exact) mass is 389 g/mol. The summed E-state index contributed by atoms with van der Waals surface area (Å²) in [6, 6.07) is 5.00. The Kier molecular flexibility index (Phi) is 4.54. The number of nitrogen functional groups attached to an aromatic ring is 1. The minimum absolute atomic E-state index is 0.150. The van der Waals surface area contributed by atoms with Crippen molar-refractivity contribution in [1.29, 1.82) is 5.26 Å². The van der Waals surface area contributed by atoms with Crippen LogP contribution in [0.3, 0.4) is 0 Å². The van der Waals surface area contributed by atoms with E-state index in [1.165, 1.54) is 16.9 Å². The predicted molar refractivity (Wildman–Crippen MR) is 91.6 cm³/mol. The Labute approximate surface area is 159 Å². The maximum absolute atomic E-state index is 11.7. The van der Waals surface area contributed by atoms with Gasteiger partial charge in [0.25, 0.3) is 0 Å². The second kappa shape index (κ2) is 6.90. The smallest absolute Gasteiger partial charge is 0.431 e. The van der Waals surface area contributed by atoms with Crippen LogP contribution in [0.4, 0.5) is 10.6 Å². The lowest BCUT2D eigenvalue weighted by molar-refractivity contribution is -0.0777. The van der Waals surface area contributed by atoms with Gasteiger partial charge in [-0.05, 0) is 31.4 Å². The molecule has 11 nitrogen and oxygen atoms in total. The highest BCUT2D eigenvalue weighted by atomic mass is 16.7. The summed E-state index contributed by atoms with van der Waals surface area (Å²) in [5.74, 6) is 0.181. The number of carbonyl (C=O) groups excluding carboxylic acids is 1. The van der Waals surface area contributed by atoms with E-state index in [9.17, 15) is 20.3 Å². The number of fused-ring (bicyclic) bond motifs is 1. The van der Waals surface area contributed by atoms with Crippen molar-refractivity contribution in [2.45, 2.75) is 49.3 Å². The average Bonchev–Trinajstić information content (AvgIpc) is 3.19. The van der Waals surface area contributed by atoms with E-state index < -0.39 is 30.1 Å². The van der Waals surface area contributed by atoms with Gasteiger partial charge in [-0.3, -0.25) is 0 Å². The predicted octanol–water partition coefficient (Wildman–Crippen LogP) is -0.143. The van der Waals surface area contributed by atoms with Crippen molar-refractivity contribution in [3.8, 4) is 6.07 Å². The third kappa shape index (κ3) is 2.82. The van der Waals surface area contributed by atoms with E-state index in [0.29, 0.717) is 5.52 Å². The zero-order valence-electron chi connectivity index (χ0n) is 14.8. The second-order valence-corrected chi connectivity index (χ2v) is 6.83. The van der Waals surface area contributed by atoms with Crippen LogP contribution in [0.5, 0.6) is 0 Å². The van der Waals surface area contributed by atoms with Crippen molar-refractivity contribution in [2.75, 3.05) is 12.3 Å². The van der Waals surface area contributed by atoms with Gasteiger partial charge in [0.05, 0.1) is 5.69 Å². The summed E-state index contributed by atoms with van der Waals surface area (Å²) in [4.78, 5) is 15.6. The minimum Gasteiger partial charge on any atom is -0.431 e. The molecule has 28 heavy (non-hydrogen) atoms. The number of aliphatic hydroxyl groups is 2. The van der Waals surface area contributed by atoms with Gasteiger partial charge in [-0.1, -0.05) is 0 Å². The Hall–Kier alpha value is -2.94. The molecule has 3 heterocycles. The van der Waals surface area contributed by atoms with Crippen LogP contribution in [0, 0.1) is 11.3 Å². The van der Waals surface area contributed by atoms with E-state index in [-0.39, 0.29) is 24.2 Å². The summed E-state index contributed by atoms with van der Waals surface area (Å²) in [7, 11) is 0. The van der Waals surface area contributed by atoms with E-state index in [1.807, 2.05) is 6.07 Å². The fourth-order valence-corrected chi connectivity index (χ4v) is 3.36. The van der Waals surface area contributed by atoms with Crippen LogP contribution in [0.25, 0.3) is 5.52 Å². The third-order valence-corrected chi connectivity index (χ3v) is 5.17. The Morgan fingerprint density at radius 3 is 2.93 bits per heavy atom. The molecule has 1 saturated carbocycles. The van der Waals surface area contributed by atoms with Gasteiger partial charge in [0.2, 0.25) is 5.60 Å². The van der Waals surface area contributed by atoms with Crippen LogP contribution in [0.15, 0.2) is 18.5 Å². The lowest BCUT2D eigenvalue weighted by atomic mass is 9.92. The maximum Gasteiger partial charge on any atom is 0.508 e. The van der Waals surface area contributed by atoms with Crippen LogP contribution >= 0.6 is 0 Å². The molecule has 0 spiro atoms. The van der Waals surface area contributed by atoms with Crippen LogP contribution in [-0.2, 0) is 19.8 Å². The van der Waals surface area contributed by atoms with Gasteiger partial charge < -0.3 is 30.2 Å². The number of nitrogens with zero attached hydrogens (tertiary/aromatic N) is 4. The molecular weight excluding hydrogens is 370 g/mol. The lowest BCUT2D eigenvalue weighted by Gasteiger charge is -2.25. The number of aliphatic hydroxyl groups excluding tert-OH is 2. The van der Waals surface area contributed by atoms with Crippen molar-refractivity contribution in [2.24, 2.45) is 0 Å². The van der Waals surface area contributed by atoms with E-state index in [4.69, 9.17) is 19.9 Å². The molecule has 1 saturated heterocycles. The Morgan fingerprint density at radius 1 is 1.46 bits per heavy atom. The molecule has 0 aromatic carbocycles. The number of nitriles is 1. The molecule has 0 radical (unpaired) electrons. The zero-order valence-corrected chi connectivity index (χ0v) is 14.8. The number of carbonyl (C=O) groups is 1.